The number of carbonyl (C=O) groups is 3. The van der Waals surface area contributed by atoms with E-state index in [0.717, 1.165) is 6.07 Å². The highest BCUT2D eigenvalue weighted by molar-refractivity contribution is 5.96. The minimum Gasteiger partial charge on any atom is -0.457 e. The molecule has 1 aromatic carbocycles. The summed E-state index contributed by atoms with van der Waals surface area (Å²) in [6.07, 6.45) is 1.27. The highest BCUT2D eigenvalue weighted by Gasteiger charge is 2.14. The Labute approximate surface area is 134 Å². The Morgan fingerprint density at radius 1 is 1.17 bits per heavy atom. The van der Waals surface area contributed by atoms with Crippen molar-refractivity contribution in [2.45, 2.75) is 0 Å². The molecule has 0 unspecified atom stereocenters. The molecule has 2 amide bonds. The van der Waals surface area contributed by atoms with Crippen molar-refractivity contribution in [3.05, 3.63) is 64.1 Å². The van der Waals surface area contributed by atoms with Gasteiger partial charge < -0.3 is 9.15 Å². The van der Waals surface area contributed by atoms with Crippen LogP contribution in [0.1, 0.15) is 20.9 Å². The van der Waals surface area contributed by atoms with E-state index in [0.29, 0.717) is 0 Å². The SMILES string of the molecule is O=C(COC(=O)c1ccco1)NNC(=O)c1cccc([N+](=O)[O-])c1. The lowest BCUT2D eigenvalue weighted by molar-refractivity contribution is -0.384. The number of benzene rings is 1. The first-order chi connectivity index (χ1) is 11.5. The second-order valence-electron chi connectivity index (χ2n) is 4.36. The van der Waals surface area contributed by atoms with Gasteiger partial charge in [0.05, 0.1) is 11.2 Å². The van der Waals surface area contributed by atoms with E-state index in [2.05, 4.69) is 4.74 Å². The molecule has 1 heterocycles. The summed E-state index contributed by atoms with van der Waals surface area (Å²) in [6, 6.07) is 7.80. The van der Waals surface area contributed by atoms with Gasteiger partial charge in [0.1, 0.15) is 0 Å². The van der Waals surface area contributed by atoms with E-state index < -0.39 is 29.3 Å². The molecule has 0 saturated heterocycles. The van der Waals surface area contributed by atoms with Crippen molar-refractivity contribution >= 4 is 23.5 Å². The fourth-order valence-electron chi connectivity index (χ4n) is 1.59. The first-order valence-electron chi connectivity index (χ1n) is 6.51. The lowest BCUT2D eigenvalue weighted by Gasteiger charge is -2.07. The van der Waals surface area contributed by atoms with Gasteiger partial charge in [0.15, 0.2) is 6.61 Å². The summed E-state index contributed by atoms with van der Waals surface area (Å²) in [4.78, 5) is 44.7. The van der Waals surface area contributed by atoms with E-state index in [9.17, 15) is 24.5 Å². The second kappa shape index (κ2) is 7.54. The second-order valence-corrected chi connectivity index (χ2v) is 4.36. The van der Waals surface area contributed by atoms with E-state index in [1.807, 2.05) is 10.9 Å². The Balaban J connectivity index is 1.81. The van der Waals surface area contributed by atoms with Gasteiger partial charge in [0.2, 0.25) is 5.76 Å². The minimum atomic E-state index is -0.833. The monoisotopic (exact) mass is 333 g/mol. The number of non-ortho nitro benzene ring substituents is 1. The Kier molecular flexibility index (Phi) is 5.24. The van der Waals surface area contributed by atoms with E-state index in [1.165, 1.54) is 36.6 Å². The maximum absolute atomic E-state index is 11.8. The summed E-state index contributed by atoms with van der Waals surface area (Å²) >= 11 is 0. The molecule has 0 atom stereocenters. The third kappa shape index (κ3) is 4.40. The Hall–Kier alpha value is -3.69. The number of nitrogens with one attached hydrogen (secondary N) is 2. The van der Waals surface area contributed by atoms with Crippen LogP contribution in [0.5, 0.6) is 0 Å². The average molecular weight is 333 g/mol. The summed E-state index contributed by atoms with van der Waals surface area (Å²) in [5, 5.41) is 10.6. The van der Waals surface area contributed by atoms with E-state index >= 15 is 0 Å². The molecule has 10 heteroatoms. The van der Waals surface area contributed by atoms with Crippen LogP contribution in [0.15, 0.2) is 47.1 Å². The topological polar surface area (TPSA) is 141 Å². The van der Waals surface area contributed by atoms with Crippen LogP contribution < -0.4 is 10.9 Å². The molecular weight excluding hydrogens is 322 g/mol. The number of furan rings is 1. The largest absolute Gasteiger partial charge is 0.457 e. The van der Waals surface area contributed by atoms with Crippen LogP contribution >= 0.6 is 0 Å². The van der Waals surface area contributed by atoms with Gasteiger partial charge in [0.25, 0.3) is 17.5 Å². The van der Waals surface area contributed by atoms with Gasteiger partial charge >= 0.3 is 5.97 Å². The number of nitro groups is 1. The number of hydrogen-bond donors (Lipinski definition) is 2. The number of amides is 2. The van der Waals surface area contributed by atoms with Crippen molar-refractivity contribution < 1.29 is 28.5 Å². The number of esters is 1. The van der Waals surface area contributed by atoms with Crippen LogP contribution in [-0.4, -0.2) is 29.3 Å². The fourth-order valence-corrected chi connectivity index (χ4v) is 1.59. The van der Waals surface area contributed by atoms with Crippen molar-refractivity contribution in [2.24, 2.45) is 0 Å². The zero-order valence-electron chi connectivity index (χ0n) is 12.1. The van der Waals surface area contributed by atoms with Crippen molar-refractivity contribution in [2.75, 3.05) is 6.61 Å². The van der Waals surface area contributed by atoms with E-state index in [4.69, 9.17) is 4.42 Å². The van der Waals surface area contributed by atoms with Crippen LogP contribution in [-0.2, 0) is 9.53 Å². The predicted octanol–water partition coefficient (Wildman–Crippen LogP) is 0.806. The van der Waals surface area contributed by atoms with Crippen molar-refractivity contribution in [3.63, 3.8) is 0 Å². The zero-order valence-corrected chi connectivity index (χ0v) is 12.1. The number of rotatable bonds is 5. The lowest BCUT2D eigenvalue weighted by atomic mass is 10.2. The third-order valence-electron chi connectivity index (χ3n) is 2.69. The van der Waals surface area contributed by atoms with Crippen LogP contribution in [0.25, 0.3) is 0 Å². The smallest absolute Gasteiger partial charge is 0.374 e. The van der Waals surface area contributed by atoms with Gasteiger partial charge in [-0.3, -0.25) is 30.6 Å². The average Bonchev–Trinajstić information content (AvgIpc) is 3.12. The number of nitro benzene ring substituents is 1. The molecule has 0 aliphatic rings. The van der Waals surface area contributed by atoms with Crippen LogP contribution in [0.2, 0.25) is 0 Å². The quantitative estimate of drug-likeness (QED) is 0.468. The van der Waals surface area contributed by atoms with Crippen molar-refractivity contribution in [1.29, 1.82) is 0 Å². The molecule has 0 spiro atoms. The van der Waals surface area contributed by atoms with Crippen LogP contribution in [0.4, 0.5) is 5.69 Å². The summed E-state index contributed by atoms with van der Waals surface area (Å²) in [5.41, 5.74) is 3.78. The van der Waals surface area contributed by atoms with Gasteiger partial charge in [0, 0.05) is 17.7 Å². The molecule has 0 radical (unpaired) electrons. The highest BCUT2D eigenvalue weighted by Crippen LogP contribution is 2.12. The molecule has 0 fully saturated rings. The zero-order chi connectivity index (χ0) is 17.5. The number of ether oxygens (including phenoxy) is 1. The maximum Gasteiger partial charge on any atom is 0.374 e. The molecule has 0 aliphatic carbocycles. The summed E-state index contributed by atoms with van der Waals surface area (Å²) in [7, 11) is 0. The van der Waals surface area contributed by atoms with E-state index in [-0.39, 0.29) is 17.0 Å². The summed E-state index contributed by atoms with van der Waals surface area (Å²) in [6.45, 7) is -0.644. The molecule has 0 aliphatic heterocycles. The summed E-state index contributed by atoms with van der Waals surface area (Å²) in [5.74, 6) is -2.46. The van der Waals surface area contributed by atoms with Crippen molar-refractivity contribution in [1.82, 2.24) is 10.9 Å². The molecular formula is C14H11N3O7. The summed E-state index contributed by atoms with van der Waals surface area (Å²) < 4.78 is 9.43. The van der Waals surface area contributed by atoms with Gasteiger partial charge in [-0.25, -0.2) is 4.79 Å². The van der Waals surface area contributed by atoms with Gasteiger partial charge in [-0.2, -0.15) is 0 Å². The minimum absolute atomic E-state index is 0.0166. The fraction of sp³-hybridized carbons (Fsp3) is 0.0714. The molecule has 0 saturated carbocycles. The first-order valence-corrected chi connectivity index (χ1v) is 6.51. The third-order valence-corrected chi connectivity index (χ3v) is 2.69. The van der Waals surface area contributed by atoms with Crippen LogP contribution in [0, 0.1) is 10.1 Å². The number of hydrogen-bond acceptors (Lipinski definition) is 7. The van der Waals surface area contributed by atoms with Gasteiger partial charge in [-0.1, -0.05) is 6.07 Å². The number of carbonyl (C=O) groups excluding carboxylic acids is 3. The maximum atomic E-state index is 11.8. The molecule has 124 valence electrons. The van der Waals surface area contributed by atoms with Crippen LogP contribution in [0.3, 0.4) is 0 Å². The molecule has 1 aromatic heterocycles. The number of nitrogens with zero attached hydrogens (tertiary/aromatic N) is 1. The molecule has 2 N–H and O–H groups in total. The molecule has 0 bridgehead atoms. The molecule has 10 nitrogen and oxygen atoms in total. The standard InChI is InChI=1S/C14H11N3O7/c18-12(8-24-14(20)11-5-2-6-23-11)15-16-13(19)9-3-1-4-10(7-9)17(21)22/h1-7H,8H2,(H,15,18)(H,16,19). The van der Waals surface area contributed by atoms with Gasteiger partial charge in [-0.05, 0) is 18.2 Å². The van der Waals surface area contributed by atoms with Gasteiger partial charge in [-0.15, -0.1) is 0 Å². The Bertz CT molecular complexity index is 770. The normalized spacial score (nSPS) is 9.83. The Morgan fingerprint density at radius 2 is 1.96 bits per heavy atom. The molecule has 2 rings (SSSR count). The molecule has 24 heavy (non-hydrogen) atoms. The predicted molar refractivity (Wildman–Crippen MR) is 77.7 cm³/mol. The Morgan fingerprint density at radius 3 is 2.62 bits per heavy atom. The lowest BCUT2D eigenvalue weighted by Crippen LogP contribution is -2.43. The highest BCUT2D eigenvalue weighted by atomic mass is 16.6. The first kappa shape index (κ1) is 16.7. The van der Waals surface area contributed by atoms with Crippen molar-refractivity contribution in [3.8, 4) is 0 Å². The number of hydrazine groups is 1. The molecule has 2 aromatic rings. The van der Waals surface area contributed by atoms with E-state index in [1.54, 1.807) is 0 Å².